The average Bonchev–Trinajstić information content (AvgIpc) is 2.29. The second-order valence-corrected chi connectivity index (χ2v) is 3.74. The highest BCUT2D eigenvalue weighted by atomic mass is 16.4. The Morgan fingerprint density at radius 3 is 2.53 bits per heavy atom. The highest BCUT2D eigenvalue weighted by Gasteiger charge is 2.14. The molecule has 0 aliphatic rings. The van der Waals surface area contributed by atoms with Gasteiger partial charge in [0.05, 0.1) is 19.1 Å². The van der Waals surface area contributed by atoms with Crippen molar-refractivity contribution < 1.29 is 20.0 Å². The standard InChI is InChI=1S/C12H16N2O3/c1-13-8-11(15)14-10(12(16)17)7-9-5-3-2-4-6-9/h2-6,10,13H,7-8H2,1H3,(H,14,15)(H,16,17)/t10-/m0/s1. The Labute approximate surface area is 99.8 Å². The molecule has 1 rings (SSSR count). The molecule has 0 saturated carbocycles. The number of amides is 1. The summed E-state index contributed by atoms with van der Waals surface area (Å²) < 4.78 is 0. The predicted molar refractivity (Wildman–Crippen MR) is 59.8 cm³/mol. The van der Waals surface area contributed by atoms with Crippen LogP contribution in [0.2, 0.25) is 0 Å². The third-order valence-corrected chi connectivity index (χ3v) is 2.29. The van der Waals surface area contributed by atoms with Crippen LogP contribution in [0.25, 0.3) is 0 Å². The number of rotatable bonds is 6. The lowest BCUT2D eigenvalue weighted by atomic mass is 10.1. The lowest BCUT2D eigenvalue weighted by molar-refractivity contribution is -0.615. The normalized spacial score (nSPS) is 11.8. The largest absolute Gasteiger partial charge is 0.548 e. The van der Waals surface area contributed by atoms with Crippen LogP contribution < -0.4 is 15.7 Å². The third-order valence-electron chi connectivity index (χ3n) is 2.29. The van der Waals surface area contributed by atoms with E-state index in [0.29, 0.717) is 0 Å². The number of aliphatic carboxylic acids is 1. The van der Waals surface area contributed by atoms with E-state index in [4.69, 9.17) is 0 Å². The van der Waals surface area contributed by atoms with E-state index in [-0.39, 0.29) is 18.9 Å². The van der Waals surface area contributed by atoms with Crippen molar-refractivity contribution in [2.75, 3.05) is 13.6 Å². The van der Waals surface area contributed by atoms with Crippen molar-refractivity contribution in [3.05, 3.63) is 35.9 Å². The molecule has 0 spiro atoms. The number of hydrogen-bond acceptors (Lipinski definition) is 3. The molecule has 0 aromatic heterocycles. The van der Waals surface area contributed by atoms with Gasteiger partial charge in [-0.2, -0.15) is 0 Å². The zero-order chi connectivity index (χ0) is 12.7. The zero-order valence-electron chi connectivity index (χ0n) is 9.68. The van der Waals surface area contributed by atoms with Gasteiger partial charge in [-0.1, -0.05) is 30.3 Å². The number of carboxylic acids is 1. The van der Waals surface area contributed by atoms with Crippen molar-refractivity contribution in [3.63, 3.8) is 0 Å². The number of likely N-dealkylation sites (N-methyl/N-ethyl adjacent to an activating group) is 1. The molecule has 0 unspecified atom stereocenters. The summed E-state index contributed by atoms with van der Waals surface area (Å²) in [5.74, 6) is -1.57. The lowest BCUT2D eigenvalue weighted by Crippen LogP contribution is -2.82. The fraction of sp³-hybridized carbons (Fsp3) is 0.333. The molecule has 0 aliphatic heterocycles. The lowest BCUT2D eigenvalue weighted by Gasteiger charge is -2.19. The van der Waals surface area contributed by atoms with E-state index in [9.17, 15) is 14.7 Å². The van der Waals surface area contributed by atoms with Crippen LogP contribution in [-0.2, 0) is 16.0 Å². The molecule has 5 heteroatoms. The van der Waals surface area contributed by atoms with Gasteiger partial charge in [0.15, 0.2) is 6.54 Å². The Kier molecular flexibility index (Phi) is 5.16. The fourth-order valence-electron chi connectivity index (χ4n) is 1.48. The van der Waals surface area contributed by atoms with Crippen LogP contribution in [0.1, 0.15) is 5.56 Å². The SMILES string of the molecule is C[NH2+]CC(=O)N[C@@H](Cc1ccccc1)C(=O)[O-]. The monoisotopic (exact) mass is 236 g/mol. The Morgan fingerprint density at radius 1 is 1.35 bits per heavy atom. The van der Waals surface area contributed by atoms with Crippen LogP contribution in [0.5, 0.6) is 0 Å². The number of carbonyl (C=O) groups is 2. The smallest absolute Gasteiger partial charge is 0.275 e. The molecule has 1 atom stereocenters. The van der Waals surface area contributed by atoms with Crippen LogP contribution in [0, 0.1) is 0 Å². The first kappa shape index (κ1) is 13.2. The molecule has 1 aromatic rings. The third kappa shape index (κ3) is 4.65. The van der Waals surface area contributed by atoms with Gasteiger partial charge < -0.3 is 20.5 Å². The molecule has 0 radical (unpaired) electrons. The van der Waals surface area contributed by atoms with Crippen molar-refractivity contribution in [1.82, 2.24) is 5.32 Å². The molecular weight excluding hydrogens is 220 g/mol. The first-order valence-corrected chi connectivity index (χ1v) is 5.45. The van der Waals surface area contributed by atoms with Gasteiger partial charge in [-0.15, -0.1) is 0 Å². The van der Waals surface area contributed by atoms with Gasteiger partial charge in [-0.3, -0.25) is 4.79 Å². The predicted octanol–water partition coefficient (Wildman–Crippen LogP) is -2.34. The van der Waals surface area contributed by atoms with Crippen LogP contribution in [-0.4, -0.2) is 31.5 Å². The van der Waals surface area contributed by atoms with Gasteiger partial charge in [0, 0.05) is 0 Å². The molecule has 17 heavy (non-hydrogen) atoms. The molecule has 1 amide bonds. The van der Waals surface area contributed by atoms with E-state index in [2.05, 4.69) is 5.32 Å². The minimum absolute atomic E-state index is 0.207. The summed E-state index contributed by atoms with van der Waals surface area (Å²) in [5, 5.41) is 15.0. The van der Waals surface area contributed by atoms with E-state index in [1.54, 1.807) is 12.4 Å². The molecule has 92 valence electrons. The van der Waals surface area contributed by atoms with E-state index in [0.717, 1.165) is 5.56 Å². The minimum Gasteiger partial charge on any atom is -0.548 e. The van der Waals surface area contributed by atoms with E-state index in [1.807, 2.05) is 30.3 Å². The van der Waals surface area contributed by atoms with Crippen molar-refractivity contribution in [2.24, 2.45) is 0 Å². The van der Waals surface area contributed by atoms with E-state index >= 15 is 0 Å². The van der Waals surface area contributed by atoms with Gasteiger partial charge in [0.1, 0.15) is 0 Å². The van der Waals surface area contributed by atoms with Gasteiger partial charge in [-0.25, -0.2) is 0 Å². The second-order valence-electron chi connectivity index (χ2n) is 3.74. The fourth-order valence-corrected chi connectivity index (χ4v) is 1.48. The summed E-state index contributed by atoms with van der Waals surface area (Å²) in [6, 6.07) is 8.14. The van der Waals surface area contributed by atoms with Crippen LogP contribution in [0.3, 0.4) is 0 Å². The summed E-state index contributed by atoms with van der Waals surface area (Å²) in [5.41, 5.74) is 0.850. The Morgan fingerprint density at radius 2 is 2.00 bits per heavy atom. The van der Waals surface area contributed by atoms with Crippen LogP contribution in [0.4, 0.5) is 0 Å². The zero-order valence-corrected chi connectivity index (χ0v) is 9.68. The number of hydrogen-bond donors (Lipinski definition) is 2. The topological polar surface area (TPSA) is 85.8 Å². The number of carboxylic acid groups (broad SMARTS) is 1. The molecule has 3 N–H and O–H groups in total. The number of quaternary nitrogens is 1. The summed E-state index contributed by atoms with van der Waals surface area (Å²) in [4.78, 5) is 22.2. The van der Waals surface area contributed by atoms with Crippen LogP contribution >= 0.6 is 0 Å². The molecule has 0 heterocycles. The maximum absolute atomic E-state index is 11.3. The number of nitrogens with one attached hydrogen (secondary N) is 1. The molecule has 5 nitrogen and oxygen atoms in total. The second kappa shape index (κ2) is 6.65. The molecule has 0 saturated heterocycles. The summed E-state index contributed by atoms with van der Waals surface area (Å²) in [6.45, 7) is 0.207. The quantitative estimate of drug-likeness (QED) is 0.580. The Bertz CT molecular complexity index is 379. The molecule has 0 aliphatic carbocycles. The summed E-state index contributed by atoms with van der Waals surface area (Å²) in [6.07, 6.45) is 0.235. The summed E-state index contributed by atoms with van der Waals surface area (Å²) >= 11 is 0. The van der Waals surface area contributed by atoms with Crippen molar-refractivity contribution >= 4 is 11.9 Å². The Hall–Kier alpha value is -1.88. The average molecular weight is 236 g/mol. The van der Waals surface area contributed by atoms with Gasteiger partial charge in [-0.05, 0) is 12.0 Å². The van der Waals surface area contributed by atoms with Crippen molar-refractivity contribution in [2.45, 2.75) is 12.5 Å². The number of carbonyl (C=O) groups excluding carboxylic acids is 2. The van der Waals surface area contributed by atoms with Crippen molar-refractivity contribution in [3.8, 4) is 0 Å². The molecule has 0 fully saturated rings. The number of nitrogens with two attached hydrogens (primary N) is 1. The molecule has 0 bridgehead atoms. The first-order valence-electron chi connectivity index (χ1n) is 5.45. The molecule has 1 aromatic carbocycles. The highest BCUT2D eigenvalue weighted by molar-refractivity contribution is 5.83. The maximum Gasteiger partial charge on any atom is 0.275 e. The maximum atomic E-state index is 11.3. The van der Waals surface area contributed by atoms with Crippen molar-refractivity contribution in [1.29, 1.82) is 0 Å². The van der Waals surface area contributed by atoms with E-state index in [1.165, 1.54) is 0 Å². The van der Waals surface area contributed by atoms with Gasteiger partial charge in [0.2, 0.25) is 0 Å². The van der Waals surface area contributed by atoms with Gasteiger partial charge >= 0.3 is 0 Å². The Balaban J connectivity index is 2.61. The van der Waals surface area contributed by atoms with E-state index < -0.39 is 12.0 Å². The molecular formula is C12H16N2O3. The number of benzene rings is 1. The minimum atomic E-state index is -1.27. The first-order chi connectivity index (χ1) is 8.13. The highest BCUT2D eigenvalue weighted by Crippen LogP contribution is 2.02. The van der Waals surface area contributed by atoms with Gasteiger partial charge in [0.25, 0.3) is 5.91 Å². The summed E-state index contributed by atoms with van der Waals surface area (Å²) in [7, 11) is 1.74. The van der Waals surface area contributed by atoms with Crippen LogP contribution in [0.15, 0.2) is 30.3 Å².